The van der Waals surface area contributed by atoms with E-state index in [1.807, 2.05) is 0 Å². The molecule has 0 aromatic heterocycles. The molecule has 238 valence electrons. The van der Waals surface area contributed by atoms with Gasteiger partial charge in [-0.05, 0) is 67.1 Å². The van der Waals surface area contributed by atoms with Crippen LogP contribution in [-0.2, 0) is 16.0 Å². The molecule has 2 atom stereocenters. The SMILES string of the molecule is CCOC(Cc1ccc(OCCN(C(=O)Nc2ccc(OC(F)(F)F)cc2)C(CC)Oc2cc(Cl)cc(Cl)c2)cc1)C(=O)O. The van der Waals surface area contributed by atoms with Crippen LogP contribution in [-0.4, -0.2) is 60.5 Å². The summed E-state index contributed by atoms with van der Waals surface area (Å²) in [5, 5.41) is 12.6. The Morgan fingerprint density at radius 1 is 0.932 bits per heavy atom. The molecule has 0 saturated carbocycles. The van der Waals surface area contributed by atoms with Gasteiger partial charge in [-0.1, -0.05) is 42.3 Å². The van der Waals surface area contributed by atoms with Gasteiger partial charge in [0, 0.05) is 35.2 Å². The minimum absolute atomic E-state index is 0.0397. The van der Waals surface area contributed by atoms with E-state index >= 15 is 0 Å². The van der Waals surface area contributed by atoms with Crippen LogP contribution in [0.15, 0.2) is 66.7 Å². The zero-order valence-corrected chi connectivity index (χ0v) is 25.3. The predicted molar refractivity (Wildman–Crippen MR) is 159 cm³/mol. The number of rotatable bonds is 15. The van der Waals surface area contributed by atoms with Gasteiger partial charge in [-0.15, -0.1) is 13.2 Å². The van der Waals surface area contributed by atoms with Gasteiger partial charge in [-0.3, -0.25) is 4.90 Å². The van der Waals surface area contributed by atoms with Crippen LogP contribution in [0.2, 0.25) is 10.0 Å². The number of anilines is 1. The third kappa shape index (κ3) is 11.3. The highest BCUT2D eigenvalue weighted by atomic mass is 35.5. The number of carbonyl (C=O) groups is 2. The van der Waals surface area contributed by atoms with Crippen molar-refractivity contribution in [3.05, 3.63) is 82.3 Å². The quantitative estimate of drug-likeness (QED) is 0.162. The Morgan fingerprint density at radius 3 is 2.09 bits per heavy atom. The fourth-order valence-corrected chi connectivity index (χ4v) is 4.55. The molecule has 2 amide bonds. The van der Waals surface area contributed by atoms with Crippen LogP contribution >= 0.6 is 23.2 Å². The van der Waals surface area contributed by atoms with Crippen LogP contribution in [0.3, 0.4) is 0 Å². The summed E-state index contributed by atoms with van der Waals surface area (Å²) in [4.78, 5) is 26.1. The smallest absolute Gasteiger partial charge is 0.492 e. The predicted octanol–water partition coefficient (Wildman–Crippen LogP) is 7.65. The fourth-order valence-electron chi connectivity index (χ4n) is 4.05. The van der Waals surface area contributed by atoms with Crippen LogP contribution in [0.4, 0.5) is 23.7 Å². The number of alkyl halides is 3. The van der Waals surface area contributed by atoms with E-state index in [0.29, 0.717) is 28.0 Å². The third-order valence-electron chi connectivity index (χ3n) is 5.99. The number of carboxylic acid groups (broad SMARTS) is 1. The summed E-state index contributed by atoms with van der Waals surface area (Å²) >= 11 is 12.2. The number of benzene rings is 3. The first-order valence-corrected chi connectivity index (χ1v) is 14.2. The topological polar surface area (TPSA) is 107 Å². The third-order valence-corrected chi connectivity index (χ3v) is 6.43. The summed E-state index contributed by atoms with van der Waals surface area (Å²) < 4.78 is 58.6. The van der Waals surface area contributed by atoms with Crippen molar-refractivity contribution in [1.29, 1.82) is 0 Å². The molecule has 44 heavy (non-hydrogen) atoms. The van der Waals surface area contributed by atoms with Crippen LogP contribution in [0.5, 0.6) is 17.2 Å². The van der Waals surface area contributed by atoms with Gasteiger partial charge in [-0.25, -0.2) is 9.59 Å². The molecule has 3 aromatic rings. The van der Waals surface area contributed by atoms with Gasteiger partial charge >= 0.3 is 18.4 Å². The van der Waals surface area contributed by atoms with Crippen LogP contribution in [0.1, 0.15) is 25.8 Å². The lowest BCUT2D eigenvalue weighted by atomic mass is 10.1. The highest BCUT2D eigenvalue weighted by molar-refractivity contribution is 6.34. The number of carbonyl (C=O) groups excluding carboxylic acids is 1. The van der Waals surface area contributed by atoms with E-state index in [0.717, 1.165) is 17.7 Å². The van der Waals surface area contributed by atoms with E-state index in [1.165, 1.54) is 23.1 Å². The van der Waals surface area contributed by atoms with Crippen LogP contribution in [0.25, 0.3) is 0 Å². The first-order chi connectivity index (χ1) is 20.9. The Kier molecular flexibility index (Phi) is 12.8. The normalized spacial score (nSPS) is 12.6. The summed E-state index contributed by atoms with van der Waals surface area (Å²) in [6.45, 7) is 3.87. The van der Waals surface area contributed by atoms with Crippen molar-refractivity contribution in [2.24, 2.45) is 0 Å². The molecule has 2 N–H and O–H groups in total. The molecule has 3 aromatic carbocycles. The summed E-state index contributed by atoms with van der Waals surface area (Å²) in [5.74, 6) is -0.683. The number of hydrogen-bond donors (Lipinski definition) is 2. The number of hydrogen-bond acceptors (Lipinski definition) is 6. The van der Waals surface area contributed by atoms with Gasteiger partial charge in [0.05, 0.1) is 6.54 Å². The van der Waals surface area contributed by atoms with Crippen molar-refractivity contribution >= 4 is 40.9 Å². The molecule has 0 aliphatic rings. The number of halogens is 5. The molecule has 0 spiro atoms. The highest BCUT2D eigenvalue weighted by Gasteiger charge is 2.31. The van der Waals surface area contributed by atoms with Crippen molar-refractivity contribution in [3.8, 4) is 17.2 Å². The Balaban J connectivity index is 1.72. The standard InChI is InChI=1S/C30H31Cl2F3N2O7/c1-3-27(43-25-17-20(31)16-21(32)18-25)37(29(40)36-22-7-11-24(12-8-22)44-30(33,34)35)13-14-42-23-9-5-19(6-10-23)15-26(28(38)39)41-4-2/h5-12,16-18,26-27H,3-4,13-15H2,1-2H3,(H,36,40)(H,38,39). The largest absolute Gasteiger partial charge is 0.573 e. The molecule has 0 fully saturated rings. The fraction of sp³-hybridized carbons (Fsp3) is 0.333. The molecule has 0 bridgehead atoms. The lowest BCUT2D eigenvalue weighted by Crippen LogP contribution is -2.47. The number of ether oxygens (including phenoxy) is 4. The lowest BCUT2D eigenvalue weighted by molar-refractivity contribution is -0.274. The number of urea groups is 1. The van der Waals surface area contributed by atoms with Gasteiger partial charge in [0.2, 0.25) is 0 Å². The second kappa shape index (κ2) is 16.3. The minimum atomic E-state index is -4.85. The number of nitrogens with one attached hydrogen (secondary N) is 1. The van der Waals surface area contributed by atoms with Gasteiger partial charge in [0.1, 0.15) is 23.9 Å². The maximum absolute atomic E-state index is 13.4. The highest BCUT2D eigenvalue weighted by Crippen LogP contribution is 2.27. The molecule has 0 radical (unpaired) electrons. The Hall–Kier alpha value is -3.87. The molecular formula is C30H31Cl2F3N2O7. The lowest BCUT2D eigenvalue weighted by Gasteiger charge is -2.31. The minimum Gasteiger partial charge on any atom is -0.492 e. The molecule has 2 unspecified atom stereocenters. The number of carboxylic acids is 1. The Labute approximate surface area is 262 Å². The molecule has 3 rings (SSSR count). The van der Waals surface area contributed by atoms with E-state index in [-0.39, 0.29) is 31.9 Å². The van der Waals surface area contributed by atoms with Gasteiger partial charge < -0.3 is 29.4 Å². The van der Waals surface area contributed by atoms with Gasteiger partial charge in [0.15, 0.2) is 12.3 Å². The van der Waals surface area contributed by atoms with E-state index in [2.05, 4.69) is 10.1 Å². The molecular weight excluding hydrogens is 628 g/mol. The molecule has 14 heteroatoms. The first kappa shape index (κ1) is 34.6. The summed E-state index contributed by atoms with van der Waals surface area (Å²) in [5.41, 5.74) is 0.962. The van der Waals surface area contributed by atoms with E-state index in [9.17, 15) is 27.9 Å². The first-order valence-electron chi connectivity index (χ1n) is 13.5. The molecule has 0 aliphatic heterocycles. The summed E-state index contributed by atoms with van der Waals surface area (Å²) in [6.07, 6.45) is -6.09. The summed E-state index contributed by atoms with van der Waals surface area (Å²) in [7, 11) is 0. The Bertz CT molecular complexity index is 1360. The number of nitrogens with zero attached hydrogens (tertiary/aromatic N) is 1. The second-order valence-electron chi connectivity index (χ2n) is 9.26. The summed E-state index contributed by atoms with van der Waals surface area (Å²) in [6, 6.07) is 15.5. The maximum Gasteiger partial charge on any atom is 0.573 e. The molecule has 0 heterocycles. The second-order valence-corrected chi connectivity index (χ2v) is 10.1. The number of aliphatic carboxylic acids is 1. The van der Waals surface area contributed by atoms with Crippen LogP contribution in [0, 0.1) is 0 Å². The maximum atomic E-state index is 13.4. The van der Waals surface area contributed by atoms with Crippen molar-refractivity contribution < 1.29 is 46.8 Å². The van der Waals surface area contributed by atoms with Gasteiger partial charge in [-0.2, -0.15) is 0 Å². The van der Waals surface area contributed by atoms with Crippen molar-refractivity contribution in [2.75, 3.05) is 25.1 Å². The monoisotopic (exact) mass is 658 g/mol. The van der Waals surface area contributed by atoms with Crippen molar-refractivity contribution in [3.63, 3.8) is 0 Å². The van der Waals surface area contributed by atoms with Gasteiger partial charge in [0.25, 0.3) is 0 Å². The average Bonchev–Trinajstić information content (AvgIpc) is 2.94. The zero-order valence-electron chi connectivity index (χ0n) is 23.8. The van der Waals surface area contributed by atoms with E-state index < -0.39 is 36.4 Å². The van der Waals surface area contributed by atoms with E-state index in [1.54, 1.807) is 50.2 Å². The molecule has 0 saturated heterocycles. The van der Waals surface area contributed by atoms with Crippen molar-refractivity contribution in [1.82, 2.24) is 4.90 Å². The van der Waals surface area contributed by atoms with Crippen LogP contribution < -0.4 is 19.5 Å². The van der Waals surface area contributed by atoms with Crippen molar-refractivity contribution in [2.45, 2.75) is 45.4 Å². The zero-order chi connectivity index (χ0) is 32.3. The molecule has 9 nitrogen and oxygen atoms in total. The van der Waals surface area contributed by atoms with E-state index in [4.69, 9.17) is 37.4 Å². The average molecular weight is 659 g/mol. The molecule has 0 aliphatic carbocycles. The Morgan fingerprint density at radius 2 is 1.55 bits per heavy atom. The number of amides is 2.